The van der Waals surface area contributed by atoms with Gasteiger partial charge in [-0.15, -0.1) is 0 Å². The molecule has 1 fully saturated rings. The molecule has 1 aromatic rings. The van der Waals surface area contributed by atoms with E-state index in [1.54, 1.807) is 13.0 Å². The van der Waals surface area contributed by atoms with E-state index in [2.05, 4.69) is 11.9 Å². The minimum atomic E-state index is -0.332. The highest BCUT2D eigenvalue weighted by Gasteiger charge is 2.34. The second-order valence-corrected chi connectivity index (χ2v) is 5.38. The standard InChI is InChI=1S/C14H17ClN2O2/c1-3-4-10-6-13(18)17(8-10)14(19)11-7-16-9(2)5-12(11)15/h5,7,10H,3-4,6,8H2,1-2H3. The molecule has 102 valence electrons. The van der Waals surface area contributed by atoms with E-state index in [0.717, 1.165) is 18.5 Å². The molecule has 1 aliphatic rings. The monoisotopic (exact) mass is 280 g/mol. The lowest BCUT2D eigenvalue weighted by molar-refractivity contribution is -0.125. The van der Waals surface area contributed by atoms with E-state index in [0.29, 0.717) is 23.6 Å². The average Bonchev–Trinajstić information content (AvgIpc) is 2.70. The number of aryl methyl sites for hydroxylation is 1. The molecule has 2 amide bonds. The summed E-state index contributed by atoms with van der Waals surface area (Å²) in [5, 5.41) is 0.351. The molecule has 1 unspecified atom stereocenters. The average molecular weight is 281 g/mol. The lowest BCUT2D eigenvalue weighted by atomic mass is 10.0. The third-order valence-electron chi connectivity index (χ3n) is 3.37. The van der Waals surface area contributed by atoms with Crippen LogP contribution in [0.2, 0.25) is 5.02 Å². The SMILES string of the molecule is CCCC1CC(=O)N(C(=O)c2cnc(C)cc2Cl)C1. The van der Waals surface area contributed by atoms with Gasteiger partial charge in [-0.1, -0.05) is 24.9 Å². The maximum atomic E-state index is 12.3. The Balaban J connectivity index is 2.18. The van der Waals surface area contributed by atoms with Gasteiger partial charge < -0.3 is 0 Å². The number of likely N-dealkylation sites (tertiary alicyclic amines) is 1. The molecule has 19 heavy (non-hydrogen) atoms. The molecular formula is C14H17ClN2O2. The second kappa shape index (κ2) is 5.70. The number of aromatic nitrogens is 1. The van der Waals surface area contributed by atoms with Crippen LogP contribution >= 0.6 is 11.6 Å². The molecule has 1 aliphatic heterocycles. The molecule has 0 radical (unpaired) electrons. The van der Waals surface area contributed by atoms with Gasteiger partial charge in [0.1, 0.15) is 0 Å². The summed E-state index contributed by atoms with van der Waals surface area (Å²) in [6.45, 7) is 4.38. The van der Waals surface area contributed by atoms with Crippen molar-refractivity contribution >= 4 is 23.4 Å². The molecule has 4 nitrogen and oxygen atoms in total. The van der Waals surface area contributed by atoms with Crippen molar-refractivity contribution in [2.75, 3.05) is 6.54 Å². The molecule has 0 aromatic carbocycles. The van der Waals surface area contributed by atoms with Gasteiger partial charge in [-0.3, -0.25) is 19.5 Å². The first-order valence-corrected chi connectivity index (χ1v) is 6.87. The number of nitrogens with zero attached hydrogens (tertiary/aromatic N) is 2. The van der Waals surface area contributed by atoms with E-state index in [1.807, 2.05) is 0 Å². The molecule has 1 saturated heterocycles. The van der Waals surface area contributed by atoms with Crippen molar-refractivity contribution in [3.8, 4) is 0 Å². The summed E-state index contributed by atoms with van der Waals surface area (Å²) in [7, 11) is 0. The third-order valence-corrected chi connectivity index (χ3v) is 3.68. The fraction of sp³-hybridized carbons (Fsp3) is 0.500. The van der Waals surface area contributed by atoms with E-state index in [4.69, 9.17) is 11.6 Å². The van der Waals surface area contributed by atoms with Crippen LogP contribution in [0.15, 0.2) is 12.3 Å². The van der Waals surface area contributed by atoms with Crippen LogP contribution in [0.5, 0.6) is 0 Å². The van der Waals surface area contributed by atoms with Crippen LogP contribution in [0.25, 0.3) is 0 Å². The van der Waals surface area contributed by atoms with E-state index in [9.17, 15) is 9.59 Å². The van der Waals surface area contributed by atoms with E-state index < -0.39 is 0 Å². The number of halogens is 1. The van der Waals surface area contributed by atoms with Gasteiger partial charge in [0, 0.05) is 24.9 Å². The minimum absolute atomic E-state index is 0.111. The van der Waals surface area contributed by atoms with Crippen molar-refractivity contribution in [1.29, 1.82) is 0 Å². The van der Waals surface area contributed by atoms with Crippen LogP contribution in [-0.2, 0) is 4.79 Å². The largest absolute Gasteiger partial charge is 0.278 e. The molecule has 0 saturated carbocycles. The summed E-state index contributed by atoms with van der Waals surface area (Å²) in [4.78, 5) is 29.6. The van der Waals surface area contributed by atoms with Crippen LogP contribution in [0.4, 0.5) is 0 Å². The van der Waals surface area contributed by atoms with Crippen LogP contribution in [0.3, 0.4) is 0 Å². The summed E-state index contributed by atoms with van der Waals surface area (Å²) >= 11 is 6.05. The van der Waals surface area contributed by atoms with Crippen LogP contribution in [0, 0.1) is 12.8 Å². The summed E-state index contributed by atoms with van der Waals surface area (Å²) in [5.41, 5.74) is 1.05. The maximum absolute atomic E-state index is 12.3. The van der Waals surface area contributed by atoms with Gasteiger partial charge in [-0.25, -0.2) is 0 Å². The number of amides is 2. The summed E-state index contributed by atoms with van der Waals surface area (Å²) in [6.07, 6.45) is 3.89. The summed E-state index contributed by atoms with van der Waals surface area (Å²) in [5.74, 6) is -0.167. The van der Waals surface area contributed by atoms with Crippen molar-refractivity contribution in [3.05, 3.63) is 28.5 Å². The highest BCUT2D eigenvalue weighted by Crippen LogP contribution is 2.25. The molecule has 5 heteroatoms. The Bertz CT molecular complexity index is 516. The zero-order chi connectivity index (χ0) is 14.0. The van der Waals surface area contributed by atoms with Crippen molar-refractivity contribution < 1.29 is 9.59 Å². The quantitative estimate of drug-likeness (QED) is 0.800. The molecule has 1 aromatic heterocycles. The molecule has 1 atom stereocenters. The number of hydrogen-bond donors (Lipinski definition) is 0. The molecule has 0 spiro atoms. The smallest absolute Gasteiger partial charge is 0.263 e. The molecule has 0 aliphatic carbocycles. The minimum Gasteiger partial charge on any atom is -0.278 e. The molecule has 2 rings (SSSR count). The number of hydrogen-bond acceptors (Lipinski definition) is 3. The van der Waals surface area contributed by atoms with Gasteiger partial charge in [-0.2, -0.15) is 0 Å². The fourth-order valence-corrected chi connectivity index (χ4v) is 2.70. The number of pyridine rings is 1. The zero-order valence-corrected chi connectivity index (χ0v) is 11.9. The van der Waals surface area contributed by atoms with Crippen LogP contribution in [-0.4, -0.2) is 28.2 Å². The molecule has 0 bridgehead atoms. The third kappa shape index (κ3) is 2.95. The Morgan fingerprint density at radius 2 is 2.32 bits per heavy atom. The van der Waals surface area contributed by atoms with Gasteiger partial charge in [0.15, 0.2) is 0 Å². The van der Waals surface area contributed by atoms with E-state index in [-0.39, 0.29) is 17.7 Å². The second-order valence-electron chi connectivity index (χ2n) is 4.97. The van der Waals surface area contributed by atoms with Crippen molar-refractivity contribution in [1.82, 2.24) is 9.88 Å². The first-order chi connectivity index (χ1) is 9.02. The van der Waals surface area contributed by atoms with Crippen LogP contribution in [0.1, 0.15) is 42.2 Å². The molecule has 2 heterocycles. The Hall–Kier alpha value is -1.42. The van der Waals surface area contributed by atoms with Gasteiger partial charge >= 0.3 is 0 Å². The number of carbonyl (C=O) groups excluding carboxylic acids is 2. The first kappa shape index (κ1) is 14.0. The predicted octanol–water partition coefficient (Wildman–Crippen LogP) is 2.83. The topological polar surface area (TPSA) is 50.3 Å². The lowest BCUT2D eigenvalue weighted by Gasteiger charge is -2.15. The van der Waals surface area contributed by atoms with Crippen molar-refractivity contribution in [3.63, 3.8) is 0 Å². The number of imide groups is 1. The number of carbonyl (C=O) groups is 2. The first-order valence-electron chi connectivity index (χ1n) is 6.49. The Morgan fingerprint density at radius 3 is 2.95 bits per heavy atom. The maximum Gasteiger partial charge on any atom is 0.263 e. The highest BCUT2D eigenvalue weighted by atomic mass is 35.5. The summed E-state index contributed by atoms with van der Waals surface area (Å²) in [6, 6.07) is 1.64. The number of rotatable bonds is 3. The van der Waals surface area contributed by atoms with Gasteiger partial charge in [0.2, 0.25) is 5.91 Å². The molecular weight excluding hydrogens is 264 g/mol. The Kier molecular flexibility index (Phi) is 4.20. The predicted molar refractivity (Wildman–Crippen MR) is 73.0 cm³/mol. The Morgan fingerprint density at radius 1 is 1.58 bits per heavy atom. The fourth-order valence-electron chi connectivity index (χ4n) is 2.41. The van der Waals surface area contributed by atoms with Crippen molar-refractivity contribution in [2.45, 2.75) is 33.1 Å². The molecule has 0 N–H and O–H groups in total. The van der Waals surface area contributed by atoms with E-state index in [1.165, 1.54) is 11.1 Å². The highest BCUT2D eigenvalue weighted by molar-refractivity contribution is 6.34. The van der Waals surface area contributed by atoms with Gasteiger partial charge in [-0.05, 0) is 25.3 Å². The van der Waals surface area contributed by atoms with Crippen LogP contribution < -0.4 is 0 Å². The normalized spacial score (nSPS) is 19.0. The van der Waals surface area contributed by atoms with E-state index >= 15 is 0 Å². The van der Waals surface area contributed by atoms with Gasteiger partial charge in [0.05, 0.1) is 10.6 Å². The zero-order valence-electron chi connectivity index (χ0n) is 11.1. The van der Waals surface area contributed by atoms with Crippen molar-refractivity contribution in [2.24, 2.45) is 5.92 Å². The van der Waals surface area contributed by atoms with Gasteiger partial charge in [0.25, 0.3) is 5.91 Å². The Labute approximate surface area is 117 Å². The summed E-state index contributed by atoms with van der Waals surface area (Å²) < 4.78 is 0. The lowest BCUT2D eigenvalue weighted by Crippen LogP contribution is -2.32.